The van der Waals surface area contributed by atoms with Gasteiger partial charge in [0.2, 0.25) is 5.91 Å². The smallest absolute Gasteiger partial charge is 0.255 e. The number of hydrogen-bond donors (Lipinski definition) is 1. The van der Waals surface area contributed by atoms with E-state index in [1.165, 1.54) is 0 Å². The van der Waals surface area contributed by atoms with Crippen LogP contribution in [0, 0.1) is 13.8 Å². The van der Waals surface area contributed by atoms with E-state index in [0.717, 1.165) is 55.1 Å². The van der Waals surface area contributed by atoms with Crippen LogP contribution in [0.3, 0.4) is 0 Å². The number of benzene rings is 2. The molecule has 0 atom stereocenters. The highest BCUT2D eigenvalue weighted by molar-refractivity contribution is 6.05. The maximum atomic E-state index is 12.5. The normalized spacial score (nSPS) is 14.1. The van der Waals surface area contributed by atoms with Crippen LogP contribution in [0.5, 0.6) is 0 Å². The van der Waals surface area contributed by atoms with Crippen molar-refractivity contribution in [1.82, 2.24) is 4.90 Å². The minimum absolute atomic E-state index is 0.0895. The Morgan fingerprint density at radius 3 is 2.25 bits per heavy atom. The topological polar surface area (TPSA) is 52.7 Å². The van der Waals surface area contributed by atoms with Crippen LogP contribution in [-0.2, 0) is 4.79 Å². The van der Waals surface area contributed by atoms with Crippen molar-refractivity contribution < 1.29 is 9.59 Å². The van der Waals surface area contributed by atoms with Crippen LogP contribution in [0.25, 0.3) is 0 Å². The molecule has 0 unspecified atom stereocenters. The number of piperazine rings is 1. The fraction of sp³-hybridized carbons (Fsp3) is 0.391. The Labute approximate surface area is 167 Å². The highest BCUT2D eigenvalue weighted by atomic mass is 16.2. The fourth-order valence-corrected chi connectivity index (χ4v) is 3.61. The summed E-state index contributed by atoms with van der Waals surface area (Å²) in [6.45, 7) is 9.22. The lowest BCUT2D eigenvalue weighted by atomic mass is 10.1. The first-order valence-electron chi connectivity index (χ1n) is 9.99. The zero-order valence-corrected chi connectivity index (χ0v) is 17.0. The quantitative estimate of drug-likeness (QED) is 0.854. The van der Waals surface area contributed by atoms with Crippen molar-refractivity contribution in [1.29, 1.82) is 0 Å². The molecule has 5 nitrogen and oxygen atoms in total. The summed E-state index contributed by atoms with van der Waals surface area (Å²) in [7, 11) is 0. The minimum Gasteiger partial charge on any atom is -0.368 e. The SMILES string of the molecule is CCCC(=O)N1CCN(c2ccc(NC(=O)c3ccc(C)cc3C)cc2)CC1. The first-order chi connectivity index (χ1) is 13.5. The van der Waals surface area contributed by atoms with Gasteiger partial charge in [-0.1, -0.05) is 24.6 Å². The Balaban J connectivity index is 1.58. The molecule has 3 rings (SSSR count). The Kier molecular flexibility index (Phi) is 6.34. The number of carbonyl (C=O) groups excluding carboxylic acids is 2. The van der Waals surface area contributed by atoms with E-state index in [1.54, 1.807) is 0 Å². The highest BCUT2D eigenvalue weighted by Gasteiger charge is 2.20. The van der Waals surface area contributed by atoms with Gasteiger partial charge >= 0.3 is 0 Å². The van der Waals surface area contributed by atoms with Gasteiger partial charge in [-0.25, -0.2) is 0 Å². The standard InChI is InChI=1S/C23H29N3O2/c1-4-5-22(27)26-14-12-25(13-15-26)20-9-7-19(8-10-20)24-23(28)21-11-6-17(2)16-18(21)3/h6-11,16H,4-5,12-15H2,1-3H3,(H,24,28). The van der Waals surface area contributed by atoms with Crippen molar-refractivity contribution in [2.75, 3.05) is 36.4 Å². The van der Waals surface area contributed by atoms with Crippen LogP contribution < -0.4 is 10.2 Å². The van der Waals surface area contributed by atoms with Crippen LogP contribution in [-0.4, -0.2) is 42.9 Å². The highest BCUT2D eigenvalue weighted by Crippen LogP contribution is 2.21. The van der Waals surface area contributed by atoms with Crippen LogP contribution in [0.2, 0.25) is 0 Å². The summed E-state index contributed by atoms with van der Waals surface area (Å²) in [5.41, 5.74) is 4.72. The largest absolute Gasteiger partial charge is 0.368 e. The van der Waals surface area contributed by atoms with Crippen LogP contribution in [0.1, 0.15) is 41.3 Å². The van der Waals surface area contributed by atoms with E-state index in [1.807, 2.05) is 68.1 Å². The monoisotopic (exact) mass is 379 g/mol. The summed E-state index contributed by atoms with van der Waals surface area (Å²) in [4.78, 5) is 28.8. The molecule has 5 heteroatoms. The molecule has 0 bridgehead atoms. The molecule has 0 saturated carbocycles. The second-order valence-corrected chi connectivity index (χ2v) is 7.44. The second-order valence-electron chi connectivity index (χ2n) is 7.44. The van der Waals surface area contributed by atoms with Gasteiger partial charge < -0.3 is 15.1 Å². The molecule has 28 heavy (non-hydrogen) atoms. The summed E-state index contributed by atoms with van der Waals surface area (Å²) in [6.07, 6.45) is 1.53. The first kappa shape index (κ1) is 19.9. The number of anilines is 2. The number of amides is 2. The lowest BCUT2D eigenvalue weighted by Crippen LogP contribution is -2.48. The lowest BCUT2D eigenvalue weighted by Gasteiger charge is -2.36. The molecule has 0 aliphatic carbocycles. The van der Waals surface area contributed by atoms with E-state index in [-0.39, 0.29) is 11.8 Å². The van der Waals surface area contributed by atoms with Crippen molar-refractivity contribution >= 4 is 23.2 Å². The molecular formula is C23H29N3O2. The molecule has 2 aromatic carbocycles. The van der Waals surface area contributed by atoms with Gasteiger partial charge in [0, 0.05) is 49.5 Å². The zero-order chi connectivity index (χ0) is 20.1. The third-order valence-corrected chi connectivity index (χ3v) is 5.21. The van der Waals surface area contributed by atoms with E-state index >= 15 is 0 Å². The zero-order valence-electron chi connectivity index (χ0n) is 17.0. The molecule has 148 valence electrons. The summed E-state index contributed by atoms with van der Waals surface area (Å²) < 4.78 is 0. The van der Waals surface area contributed by atoms with E-state index in [9.17, 15) is 9.59 Å². The van der Waals surface area contributed by atoms with Gasteiger partial charge in [0.15, 0.2) is 0 Å². The van der Waals surface area contributed by atoms with E-state index in [4.69, 9.17) is 0 Å². The Bertz CT molecular complexity index is 837. The van der Waals surface area contributed by atoms with E-state index < -0.39 is 0 Å². The molecular weight excluding hydrogens is 350 g/mol. The molecule has 0 aromatic heterocycles. The maximum absolute atomic E-state index is 12.5. The van der Waals surface area contributed by atoms with Crippen LogP contribution >= 0.6 is 0 Å². The number of carbonyl (C=O) groups is 2. The summed E-state index contributed by atoms with van der Waals surface area (Å²) in [6, 6.07) is 13.8. The molecule has 1 N–H and O–H groups in total. The Morgan fingerprint density at radius 1 is 0.964 bits per heavy atom. The molecule has 1 saturated heterocycles. The molecule has 1 fully saturated rings. The summed E-state index contributed by atoms with van der Waals surface area (Å²) >= 11 is 0. The molecule has 0 radical (unpaired) electrons. The Morgan fingerprint density at radius 2 is 1.64 bits per heavy atom. The Hall–Kier alpha value is -2.82. The van der Waals surface area contributed by atoms with Crippen molar-refractivity contribution in [3.63, 3.8) is 0 Å². The summed E-state index contributed by atoms with van der Waals surface area (Å²) in [5, 5.41) is 2.97. The predicted molar refractivity (Wildman–Crippen MR) is 114 cm³/mol. The third-order valence-electron chi connectivity index (χ3n) is 5.21. The van der Waals surface area contributed by atoms with Crippen molar-refractivity contribution in [2.45, 2.75) is 33.6 Å². The average molecular weight is 380 g/mol. The van der Waals surface area contributed by atoms with Gasteiger partial charge in [0.1, 0.15) is 0 Å². The van der Waals surface area contributed by atoms with E-state index in [2.05, 4.69) is 10.2 Å². The summed E-state index contributed by atoms with van der Waals surface area (Å²) in [5.74, 6) is 0.167. The van der Waals surface area contributed by atoms with Crippen molar-refractivity contribution in [3.8, 4) is 0 Å². The first-order valence-corrected chi connectivity index (χ1v) is 9.99. The molecule has 1 aliphatic rings. The number of nitrogens with one attached hydrogen (secondary N) is 1. The number of nitrogens with zero attached hydrogens (tertiary/aromatic N) is 2. The number of rotatable bonds is 5. The second kappa shape index (κ2) is 8.91. The minimum atomic E-state index is -0.0895. The molecule has 1 aliphatic heterocycles. The molecule has 2 aromatic rings. The van der Waals surface area contributed by atoms with Gasteiger partial charge in [-0.15, -0.1) is 0 Å². The van der Waals surface area contributed by atoms with Crippen LogP contribution in [0.15, 0.2) is 42.5 Å². The van der Waals surface area contributed by atoms with Gasteiger partial charge in [-0.05, 0) is 56.2 Å². The fourth-order valence-electron chi connectivity index (χ4n) is 3.61. The van der Waals surface area contributed by atoms with Gasteiger partial charge in [0.05, 0.1) is 0 Å². The van der Waals surface area contributed by atoms with E-state index in [0.29, 0.717) is 12.0 Å². The van der Waals surface area contributed by atoms with Gasteiger partial charge in [-0.2, -0.15) is 0 Å². The van der Waals surface area contributed by atoms with Gasteiger partial charge in [0.25, 0.3) is 5.91 Å². The third kappa shape index (κ3) is 4.71. The molecule has 1 heterocycles. The average Bonchev–Trinajstić information content (AvgIpc) is 2.69. The van der Waals surface area contributed by atoms with Crippen molar-refractivity contribution in [2.24, 2.45) is 0 Å². The maximum Gasteiger partial charge on any atom is 0.255 e. The number of aryl methyl sites for hydroxylation is 2. The van der Waals surface area contributed by atoms with Gasteiger partial charge in [-0.3, -0.25) is 9.59 Å². The predicted octanol–water partition coefficient (Wildman–Crippen LogP) is 4.00. The molecule has 2 amide bonds. The van der Waals surface area contributed by atoms with Crippen molar-refractivity contribution in [3.05, 3.63) is 59.2 Å². The van der Waals surface area contributed by atoms with Crippen LogP contribution in [0.4, 0.5) is 11.4 Å². The number of hydrogen-bond acceptors (Lipinski definition) is 3. The molecule has 0 spiro atoms. The lowest BCUT2D eigenvalue weighted by molar-refractivity contribution is -0.131.